The monoisotopic (exact) mass is 438 g/mol. The van der Waals surface area contributed by atoms with E-state index in [1.807, 2.05) is 74.5 Å². The minimum atomic E-state index is -0.247. The van der Waals surface area contributed by atoms with Gasteiger partial charge in [0.05, 0.1) is 12.3 Å². The summed E-state index contributed by atoms with van der Waals surface area (Å²) in [4.78, 5) is 13.4. The maximum absolute atomic E-state index is 12.3. The normalized spacial score (nSPS) is 11.1. The topological polar surface area (TPSA) is 50.7 Å². The Balaban J connectivity index is 1.49. The number of ether oxygens (including phenoxy) is 1. The Morgan fingerprint density at radius 2 is 1.70 bits per heavy atom. The van der Waals surface area contributed by atoms with Crippen LogP contribution in [0.5, 0.6) is 5.75 Å². The Bertz CT molecular complexity index is 985. The van der Waals surface area contributed by atoms with E-state index >= 15 is 0 Å². The number of hydrogen-bond acceptors (Lipinski definition) is 4. The minimum Gasteiger partial charge on any atom is -0.491 e. The molecule has 6 heteroatoms. The zero-order chi connectivity index (χ0) is 21.3. The summed E-state index contributed by atoms with van der Waals surface area (Å²) in [5, 5.41) is 4.76. The molecule has 0 bridgehead atoms. The molecule has 154 valence electrons. The highest BCUT2D eigenvalue weighted by Crippen LogP contribution is 2.24. The molecule has 4 nitrogen and oxygen atoms in total. The van der Waals surface area contributed by atoms with Crippen LogP contribution in [0.3, 0.4) is 0 Å². The number of rotatable bonds is 8. The largest absolute Gasteiger partial charge is 0.491 e. The Morgan fingerprint density at radius 3 is 2.33 bits per heavy atom. The van der Waals surface area contributed by atoms with Crippen molar-refractivity contribution in [2.75, 3.05) is 0 Å². The average molecular weight is 439 g/mol. The zero-order valence-electron chi connectivity index (χ0n) is 16.8. The number of amides is 1. The molecule has 0 fully saturated rings. The Labute approximate surface area is 186 Å². The first-order valence-electron chi connectivity index (χ1n) is 9.57. The quantitative estimate of drug-likeness (QED) is 0.259. The van der Waals surface area contributed by atoms with E-state index in [9.17, 15) is 4.79 Å². The van der Waals surface area contributed by atoms with E-state index < -0.39 is 0 Å². The van der Waals surface area contributed by atoms with Crippen molar-refractivity contribution < 1.29 is 9.53 Å². The van der Waals surface area contributed by atoms with Gasteiger partial charge in [0.25, 0.3) is 5.91 Å². The Hall–Kier alpha value is -2.76. The number of thioether (sulfide) groups is 1. The third-order valence-corrected chi connectivity index (χ3v) is 5.40. The van der Waals surface area contributed by atoms with Gasteiger partial charge in [-0.1, -0.05) is 23.7 Å². The zero-order valence-corrected chi connectivity index (χ0v) is 18.4. The van der Waals surface area contributed by atoms with E-state index in [4.69, 9.17) is 16.3 Å². The van der Waals surface area contributed by atoms with E-state index in [0.717, 1.165) is 32.5 Å². The summed E-state index contributed by atoms with van der Waals surface area (Å²) >= 11 is 7.63. The third kappa shape index (κ3) is 6.94. The fraction of sp³-hybridized carbons (Fsp3) is 0.167. The highest BCUT2D eigenvalue weighted by atomic mass is 35.5. The maximum Gasteiger partial charge on any atom is 0.271 e. The lowest BCUT2D eigenvalue weighted by atomic mass is 10.1. The predicted molar refractivity (Wildman–Crippen MR) is 125 cm³/mol. The molecule has 0 unspecified atom stereocenters. The molecular formula is C24H23ClN2O2S. The molecule has 0 radical (unpaired) electrons. The molecule has 1 amide bonds. The van der Waals surface area contributed by atoms with Crippen molar-refractivity contribution >= 4 is 35.5 Å². The first kappa shape index (κ1) is 21.9. The van der Waals surface area contributed by atoms with Crippen LogP contribution in [-0.2, 0) is 5.75 Å². The van der Waals surface area contributed by atoms with E-state index in [2.05, 4.69) is 10.5 Å². The standard InChI is InChI=1S/C24H23ClN2O2S/c1-17(2)29-22-11-5-18(6-12-22)15-26-27-24(28)20-7-3-19(4-8-20)16-30-23-13-9-21(25)10-14-23/h3-15,17H,16H2,1-2H3,(H,27,28)/b26-15-. The molecule has 3 aromatic rings. The molecule has 0 aliphatic carbocycles. The van der Waals surface area contributed by atoms with Gasteiger partial charge < -0.3 is 4.74 Å². The molecule has 30 heavy (non-hydrogen) atoms. The molecule has 0 saturated heterocycles. The van der Waals surface area contributed by atoms with Gasteiger partial charge in [-0.3, -0.25) is 4.79 Å². The van der Waals surface area contributed by atoms with Crippen molar-refractivity contribution in [2.24, 2.45) is 5.10 Å². The summed E-state index contributed by atoms with van der Waals surface area (Å²) in [5.41, 5.74) is 5.14. The third-order valence-electron chi connectivity index (χ3n) is 4.07. The molecule has 3 rings (SSSR count). The molecule has 0 atom stereocenters. The van der Waals surface area contributed by atoms with Gasteiger partial charge in [0, 0.05) is 21.2 Å². The minimum absolute atomic E-state index is 0.131. The van der Waals surface area contributed by atoms with Crippen molar-refractivity contribution in [1.29, 1.82) is 0 Å². The fourth-order valence-corrected chi connectivity index (χ4v) is 3.56. The summed E-state index contributed by atoms with van der Waals surface area (Å²) in [6.45, 7) is 3.96. The first-order valence-corrected chi connectivity index (χ1v) is 10.9. The van der Waals surface area contributed by atoms with Gasteiger partial charge in [-0.2, -0.15) is 5.10 Å². The highest BCUT2D eigenvalue weighted by molar-refractivity contribution is 7.98. The average Bonchev–Trinajstić information content (AvgIpc) is 2.74. The SMILES string of the molecule is CC(C)Oc1ccc(/C=N\NC(=O)c2ccc(CSc3ccc(Cl)cc3)cc2)cc1. The lowest BCUT2D eigenvalue weighted by Crippen LogP contribution is -2.17. The van der Waals surface area contributed by atoms with Gasteiger partial charge in [-0.15, -0.1) is 11.8 Å². The second kappa shape index (κ2) is 10.9. The molecule has 0 saturated carbocycles. The smallest absolute Gasteiger partial charge is 0.271 e. The molecule has 0 aliphatic rings. The lowest BCUT2D eigenvalue weighted by molar-refractivity contribution is 0.0955. The van der Waals surface area contributed by atoms with E-state index in [0.29, 0.717) is 5.56 Å². The number of hydrogen-bond donors (Lipinski definition) is 1. The maximum atomic E-state index is 12.3. The number of nitrogens with one attached hydrogen (secondary N) is 1. The summed E-state index contributed by atoms with van der Waals surface area (Å²) in [6.07, 6.45) is 1.74. The van der Waals surface area contributed by atoms with Crippen molar-refractivity contribution in [1.82, 2.24) is 5.43 Å². The number of benzene rings is 3. The van der Waals surface area contributed by atoms with Gasteiger partial charge in [0.2, 0.25) is 0 Å². The number of carbonyl (C=O) groups excluding carboxylic acids is 1. The molecule has 0 heterocycles. The van der Waals surface area contributed by atoms with Gasteiger partial charge in [-0.05, 0) is 85.6 Å². The van der Waals surface area contributed by atoms with Crippen LogP contribution in [-0.4, -0.2) is 18.2 Å². The van der Waals surface area contributed by atoms with Crippen LogP contribution in [0, 0.1) is 0 Å². The molecular weight excluding hydrogens is 416 g/mol. The number of nitrogens with zero attached hydrogens (tertiary/aromatic N) is 1. The van der Waals surface area contributed by atoms with Crippen LogP contribution >= 0.6 is 23.4 Å². The molecule has 1 N–H and O–H groups in total. The van der Waals surface area contributed by atoms with Crippen molar-refractivity contribution in [3.05, 3.63) is 94.5 Å². The fourth-order valence-electron chi connectivity index (χ4n) is 2.58. The number of hydrazone groups is 1. The second-order valence-corrected chi connectivity index (χ2v) is 8.36. The van der Waals surface area contributed by atoms with E-state index in [1.165, 1.54) is 0 Å². The van der Waals surface area contributed by atoms with Crippen LogP contribution < -0.4 is 10.2 Å². The van der Waals surface area contributed by atoms with Crippen molar-refractivity contribution in [3.63, 3.8) is 0 Å². The molecule has 0 spiro atoms. The number of halogens is 1. The van der Waals surface area contributed by atoms with Crippen LogP contribution in [0.2, 0.25) is 5.02 Å². The van der Waals surface area contributed by atoms with Gasteiger partial charge in [0.1, 0.15) is 5.75 Å². The van der Waals surface area contributed by atoms with Crippen LogP contribution in [0.15, 0.2) is 82.8 Å². The second-order valence-electron chi connectivity index (χ2n) is 6.87. The van der Waals surface area contributed by atoms with Crippen molar-refractivity contribution in [3.8, 4) is 5.75 Å². The Morgan fingerprint density at radius 1 is 1.03 bits per heavy atom. The predicted octanol–water partition coefficient (Wildman–Crippen LogP) is 6.18. The molecule has 0 aliphatic heterocycles. The van der Waals surface area contributed by atoms with E-state index in [-0.39, 0.29) is 12.0 Å². The summed E-state index contributed by atoms with van der Waals surface area (Å²) in [5.74, 6) is 1.38. The molecule has 3 aromatic carbocycles. The van der Waals surface area contributed by atoms with Crippen LogP contribution in [0.25, 0.3) is 0 Å². The van der Waals surface area contributed by atoms with Crippen LogP contribution in [0.4, 0.5) is 0 Å². The first-order chi connectivity index (χ1) is 14.5. The molecule has 0 aromatic heterocycles. The highest BCUT2D eigenvalue weighted by Gasteiger charge is 2.05. The lowest BCUT2D eigenvalue weighted by Gasteiger charge is -2.09. The summed E-state index contributed by atoms with van der Waals surface area (Å²) < 4.78 is 5.61. The van der Waals surface area contributed by atoms with Gasteiger partial charge in [0.15, 0.2) is 0 Å². The van der Waals surface area contributed by atoms with Gasteiger partial charge >= 0.3 is 0 Å². The number of carbonyl (C=O) groups is 1. The Kier molecular flexibility index (Phi) is 7.94. The summed E-state index contributed by atoms with van der Waals surface area (Å²) in [7, 11) is 0. The van der Waals surface area contributed by atoms with Crippen LogP contribution in [0.1, 0.15) is 35.3 Å². The van der Waals surface area contributed by atoms with Crippen molar-refractivity contribution in [2.45, 2.75) is 30.6 Å². The van der Waals surface area contributed by atoms with E-state index in [1.54, 1.807) is 30.1 Å². The van der Waals surface area contributed by atoms with Gasteiger partial charge in [-0.25, -0.2) is 5.43 Å². The summed E-state index contributed by atoms with van der Waals surface area (Å²) in [6, 6.07) is 22.8.